The molecule has 1 aliphatic rings. The first kappa shape index (κ1) is 36.6. The summed E-state index contributed by atoms with van der Waals surface area (Å²) >= 11 is 3.49. The number of nitrogens with one attached hydrogen (secondary N) is 2. The molecule has 1 heterocycles. The summed E-state index contributed by atoms with van der Waals surface area (Å²) < 4.78 is 25.1. The normalized spacial score (nSPS) is 15.0. The third-order valence-electron chi connectivity index (χ3n) is 8.49. The Hall–Kier alpha value is -5.16. The molecular formula is C42H42BrN3O6. The van der Waals surface area contributed by atoms with E-state index in [1.54, 1.807) is 0 Å². The Labute approximate surface area is 312 Å². The van der Waals surface area contributed by atoms with Crippen molar-refractivity contribution < 1.29 is 28.8 Å². The number of ether oxygens (including phenoxy) is 4. The van der Waals surface area contributed by atoms with Crippen LogP contribution in [-0.2, 0) is 35.6 Å². The highest BCUT2D eigenvalue weighted by molar-refractivity contribution is 9.10. The van der Waals surface area contributed by atoms with Crippen LogP contribution in [0.25, 0.3) is 0 Å². The zero-order chi connectivity index (χ0) is 36.0. The number of nitrogens with zero attached hydrogens (tertiary/aromatic N) is 1. The lowest BCUT2D eigenvalue weighted by atomic mass is 9.91. The maximum atomic E-state index is 13.9. The molecule has 1 atom stereocenters. The summed E-state index contributed by atoms with van der Waals surface area (Å²) in [7, 11) is 0. The van der Waals surface area contributed by atoms with Crippen LogP contribution in [0.1, 0.15) is 34.2 Å². The van der Waals surface area contributed by atoms with Crippen molar-refractivity contribution in [1.29, 1.82) is 0 Å². The monoisotopic (exact) mass is 763 g/mol. The van der Waals surface area contributed by atoms with Crippen LogP contribution >= 0.6 is 15.9 Å². The fraction of sp³-hybridized carbons (Fsp3) is 0.238. The van der Waals surface area contributed by atoms with Gasteiger partial charge in [-0.2, -0.15) is 0 Å². The molecule has 5 aromatic rings. The number of aliphatic imine (C=N–C) groups is 1. The smallest absolute Gasteiger partial charge is 0.266 e. The Morgan fingerprint density at radius 3 is 2.10 bits per heavy atom. The van der Waals surface area contributed by atoms with Gasteiger partial charge in [-0.05, 0) is 77.2 Å². The van der Waals surface area contributed by atoms with Gasteiger partial charge in [-0.25, -0.2) is 10.4 Å². The molecule has 1 amide bonds. The average Bonchev–Trinajstić information content (AvgIpc) is 3.62. The number of aliphatic hydroxyl groups excluding tert-OH is 1. The SMILES string of the molecule is O=C(NNCCc1ccc(OCc2ccccc2)c(OCc2ccccc2)c1)[C@]1(Cc2ccc(Br)cc2)COC(c2ccc(OCCCO)cc2)=N1. The Balaban J connectivity index is 1.11. The van der Waals surface area contributed by atoms with Gasteiger partial charge >= 0.3 is 0 Å². The van der Waals surface area contributed by atoms with Crippen molar-refractivity contribution in [2.75, 3.05) is 26.4 Å². The molecule has 52 heavy (non-hydrogen) atoms. The summed E-state index contributed by atoms with van der Waals surface area (Å²) in [5.74, 6) is 2.11. The number of rotatable bonds is 18. The molecular weight excluding hydrogens is 722 g/mol. The lowest BCUT2D eigenvalue weighted by Crippen LogP contribution is -2.53. The summed E-state index contributed by atoms with van der Waals surface area (Å²) in [6, 6.07) is 41.2. The molecule has 0 bridgehead atoms. The standard InChI is InChI=1S/C42H42BrN3O6/c43-36-17-12-32(13-18-36)27-42(30-52-40(45-42)35-15-19-37(20-16-35)49-25-7-24-47)41(48)46-44-23-22-31-14-21-38(50-28-33-8-3-1-4-9-33)39(26-31)51-29-34-10-5-2-6-11-34/h1-6,8-21,26,44,47H,7,22-25,27-30H2,(H,46,48)/t42-/m0/s1. The summed E-state index contributed by atoms with van der Waals surface area (Å²) in [6.07, 6.45) is 1.53. The molecule has 0 saturated carbocycles. The van der Waals surface area contributed by atoms with Crippen molar-refractivity contribution in [1.82, 2.24) is 10.9 Å². The number of halogens is 1. The van der Waals surface area contributed by atoms with Crippen LogP contribution in [0, 0.1) is 0 Å². The number of carbonyl (C=O) groups is 1. The van der Waals surface area contributed by atoms with Crippen LogP contribution < -0.4 is 25.1 Å². The quantitative estimate of drug-likeness (QED) is 0.0652. The average molecular weight is 765 g/mol. The van der Waals surface area contributed by atoms with E-state index in [0.29, 0.717) is 68.8 Å². The minimum Gasteiger partial charge on any atom is -0.494 e. The van der Waals surface area contributed by atoms with Crippen LogP contribution in [-0.4, -0.2) is 48.8 Å². The van der Waals surface area contributed by atoms with Gasteiger partial charge in [0.25, 0.3) is 5.91 Å². The van der Waals surface area contributed by atoms with Gasteiger partial charge in [0.15, 0.2) is 17.0 Å². The van der Waals surface area contributed by atoms with E-state index >= 15 is 0 Å². The fourth-order valence-electron chi connectivity index (χ4n) is 5.65. The minimum absolute atomic E-state index is 0.0727. The minimum atomic E-state index is -1.18. The first-order valence-corrected chi connectivity index (χ1v) is 18.1. The molecule has 6 rings (SSSR count). The van der Waals surface area contributed by atoms with Crippen LogP contribution in [0.5, 0.6) is 17.2 Å². The summed E-state index contributed by atoms with van der Waals surface area (Å²) in [6.45, 7) is 1.90. The van der Waals surface area contributed by atoms with Gasteiger partial charge in [0.05, 0.1) is 6.61 Å². The Kier molecular flexibility index (Phi) is 12.9. The van der Waals surface area contributed by atoms with Crippen LogP contribution in [0.3, 0.4) is 0 Å². The fourth-order valence-corrected chi connectivity index (χ4v) is 5.91. The molecule has 0 aromatic heterocycles. The maximum absolute atomic E-state index is 13.9. The molecule has 1 aliphatic heterocycles. The number of hydrogen-bond acceptors (Lipinski definition) is 8. The van der Waals surface area contributed by atoms with Gasteiger partial charge in [0.1, 0.15) is 25.6 Å². The Bertz CT molecular complexity index is 1910. The van der Waals surface area contributed by atoms with E-state index in [0.717, 1.165) is 32.3 Å². The molecule has 0 aliphatic carbocycles. The maximum Gasteiger partial charge on any atom is 0.266 e. The summed E-state index contributed by atoms with van der Waals surface area (Å²) in [4.78, 5) is 18.8. The zero-order valence-electron chi connectivity index (χ0n) is 28.8. The highest BCUT2D eigenvalue weighted by Gasteiger charge is 2.44. The first-order valence-electron chi connectivity index (χ1n) is 17.3. The predicted octanol–water partition coefficient (Wildman–Crippen LogP) is 6.99. The number of amides is 1. The lowest BCUT2D eigenvalue weighted by molar-refractivity contribution is -0.127. The van der Waals surface area contributed by atoms with E-state index in [2.05, 4.69) is 26.8 Å². The molecule has 0 unspecified atom stereocenters. The van der Waals surface area contributed by atoms with Crippen molar-refractivity contribution in [3.05, 3.63) is 160 Å². The van der Waals surface area contributed by atoms with Crippen LogP contribution in [0.2, 0.25) is 0 Å². The van der Waals surface area contributed by atoms with E-state index < -0.39 is 5.54 Å². The number of benzene rings is 5. The molecule has 3 N–H and O–H groups in total. The van der Waals surface area contributed by atoms with Crippen LogP contribution in [0.4, 0.5) is 0 Å². The summed E-state index contributed by atoms with van der Waals surface area (Å²) in [5, 5.41) is 9.02. The van der Waals surface area contributed by atoms with Gasteiger partial charge < -0.3 is 24.1 Å². The molecule has 268 valence electrons. The number of hydrazine groups is 1. The van der Waals surface area contributed by atoms with Crippen LogP contribution in [0.15, 0.2) is 137 Å². The van der Waals surface area contributed by atoms with Gasteiger partial charge in [0.2, 0.25) is 5.90 Å². The number of aliphatic hydroxyl groups is 1. The van der Waals surface area contributed by atoms with Crippen molar-refractivity contribution in [3.63, 3.8) is 0 Å². The van der Waals surface area contributed by atoms with E-state index in [1.165, 1.54) is 0 Å². The largest absolute Gasteiger partial charge is 0.494 e. The van der Waals surface area contributed by atoms with Gasteiger partial charge in [-0.15, -0.1) is 0 Å². The Morgan fingerprint density at radius 2 is 1.42 bits per heavy atom. The predicted molar refractivity (Wildman–Crippen MR) is 205 cm³/mol. The molecule has 5 aromatic carbocycles. The van der Waals surface area contributed by atoms with Crippen molar-refractivity contribution in [2.45, 2.75) is 38.0 Å². The molecule has 10 heteroatoms. The molecule has 0 radical (unpaired) electrons. The molecule has 0 fully saturated rings. The topological polar surface area (TPSA) is 111 Å². The highest BCUT2D eigenvalue weighted by atomic mass is 79.9. The second-order valence-electron chi connectivity index (χ2n) is 12.5. The third-order valence-corrected chi connectivity index (χ3v) is 9.02. The van der Waals surface area contributed by atoms with E-state index in [-0.39, 0.29) is 19.1 Å². The third kappa shape index (κ3) is 10.2. The summed E-state index contributed by atoms with van der Waals surface area (Å²) in [5.41, 5.74) is 9.70. The molecule has 0 spiro atoms. The van der Waals surface area contributed by atoms with Crippen molar-refractivity contribution in [2.24, 2.45) is 4.99 Å². The first-order chi connectivity index (χ1) is 25.5. The second-order valence-corrected chi connectivity index (χ2v) is 13.4. The van der Waals surface area contributed by atoms with Gasteiger partial charge in [-0.3, -0.25) is 10.2 Å². The second kappa shape index (κ2) is 18.4. The zero-order valence-corrected chi connectivity index (χ0v) is 30.4. The molecule has 0 saturated heterocycles. The van der Waals surface area contributed by atoms with Crippen molar-refractivity contribution in [3.8, 4) is 17.2 Å². The molecule has 9 nitrogen and oxygen atoms in total. The van der Waals surface area contributed by atoms with Gasteiger partial charge in [0, 0.05) is 36.0 Å². The van der Waals surface area contributed by atoms with E-state index in [1.807, 2.05) is 127 Å². The lowest BCUT2D eigenvalue weighted by Gasteiger charge is -2.23. The Morgan fingerprint density at radius 1 is 0.769 bits per heavy atom. The van der Waals surface area contributed by atoms with E-state index in [4.69, 9.17) is 29.0 Å². The highest BCUT2D eigenvalue weighted by Crippen LogP contribution is 2.31. The number of hydrogen-bond donors (Lipinski definition) is 3. The van der Waals surface area contributed by atoms with E-state index in [9.17, 15) is 4.79 Å². The van der Waals surface area contributed by atoms with Gasteiger partial charge in [-0.1, -0.05) is 94.8 Å². The number of carbonyl (C=O) groups excluding carboxylic acids is 1. The van der Waals surface area contributed by atoms with Crippen molar-refractivity contribution >= 4 is 27.7 Å².